The Morgan fingerprint density at radius 1 is 1.12 bits per heavy atom. The molecule has 1 aromatic carbocycles. The van der Waals surface area contributed by atoms with E-state index in [1.54, 1.807) is 19.1 Å². The Bertz CT molecular complexity index is 1250. The van der Waals surface area contributed by atoms with E-state index >= 15 is 0 Å². The fourth-order valence-electron chi connectivity index (χ4n) is 2.98. The van der Waals surface area contributed by atoms with E-state index in [-0.39, 0.29) is 29.3 Å². The van der Waals surface area contributed by atoms with Crippen LogP contribution in [0.5, 0.6) is 0 Å². The van der Waals surface area contributed by atoms with Crippen LogP contribution in [0.3, 0.4) is 0 Å². The second kappa shape index (κ2) is 10.6. The van der Waals surface area contributed by atoms with Crippen LogP contribution in [0.2, 0.25) is 0 Å². The fourth-order valence-corrected chi connectivity index (χ4v) is 2.98. The van der Waals surface area contributed by atoms with Gasteiger partial charge in [0, 0.05) is 43.4 Å². The van der Waals surface area contributed by atoms with Crippen molar-refractivity contribution in [2.75, 3.05) is 5.32 Å². The summed E-state index contributed by atoms with van der Waals surface area (Å²) in [6.07, 6.45) is 0.0169. The third kappa shape index (κ3) is 6.41. The van der Waals surface area contributed by atoms with E-state index in [1.165, 1.54) is 59.6 Å². The maximum atomic E-state index is 13.5. The first-order valence-corrected chi connectivity index (χ1v) is 10.3. The van der Waals surface area contributed by atoms with Crippen molar-refractivity contribution < 1.29 is 18.0 Å². The number of amides is 1. The minimum Gasteiger partial charge on any atom is -0.803 e. The van der Waals surface area contributed by atoms with Gasteiger partial charge in [-0.1, -0.05) is 18.2 Å². The summed E-state index contributed by atoms with van der Waals surface area (Å²) in [5.41, 5.74) is -0.670. The van der Waals surface area contributed by atoms with Gasteiger partial charge in [0.2, 0.25) is 0 Å². The quantitative estimate of drug-likeness (QED) is 0.486. The van der Waals surface area contributed by atoms with Gasteiger partial charge in [-0.05, 0) is 48.4 Å². The first-order chi connectivity index (χ1) is 16.2. The molecule has 3 aromatic rings. The summed E-state index contributed by atoms with van der Waals surface area (Å²) in [4.78, 5) is 27.8. The van der Waals surface area contributed by atoms with E-state index in [2.05, 4.69) is 15.6 Å². The number of anilines is 1. The minimum atomic E-state index is -4.74. The summed E-state index contributed by atoms with van der Waals surface area (Å²) in [5.74, 6) is -0.381. The molecular formula is C24H21F3N5O2-. The maximum Gasteiger partial charge on any atom is 0.431 e. The molecule has 34 heavy (non-hydrogen) atoms. The average Bonchev–Trinajstić information content (AvgIpc) is 2.83. The standard InChI is InChI=1S/C24H21F3N5O2/c1-2-32-15-18(7-10-22(32)33)23(34)30-13-16-5-8-19(9-6-16)31-21(24(25,26)27)12-20(28)17-4-3-11-29-14-17/h3-12,14-15,31H,2,13H2,1H3,(H,30,34)/q-1/b21-12-. The number of carbonyl (C=O) groups is 1. The van der Waals surface area contributed by atoms with Gasteiger partial charge in [0.1, 0.15) is 5.70 Å². The third-order valence-electron chi connectivity index (χ3n) is 4.82. The summed E-state index contributed by atoms with van der Waals surface area (Å²) >= 11 is 0. The van der Waals surface area contributed by atoms with Crippen LogP contribution in [0.4, 0.5) is 18.9 Å². The lowest BCUT2D eigenvalue weighted by Crippen LogP contribution is -2.26. The van der Waals surface area contributed by atoms with Crippen LogP contribution >= 0.6 is 0 Å². The summed E-state index contributed by atoms with van der Waals surface area (Å²) < 4.78 is 41.8. The molecule has 2 N–H and O–H groups in total. The van der Waals surface area contributed by atoms with Crippen LogP contribution in [-0.2, 0) is 13.1 Å². The lowest BCUT2D eigenvalue weighted by atomic mass is 10.1. The first kappa shape index (κ1) is 24.4. The number of rotatable bonds is 8. The molecule has 0 aliphatic rings. The largest absolute Gasteiger partial charge is 0.803 e. The van der Waals surface area contributed by atoms with Crippen molar-refractivity contribution in [1.82, 2.24) is 14.9 Å². The van der Waals surface area contributed by atoms with E-state index in [9.17, 15) is 28.2 Å². The number of alkyl halides is 3. The molecule has 176 valence electrons. The Balaban J connectivity index is 1.67. The predicted molar refractivity (Wildman–Crippen MR) is 123 cm³/mol. The van der Waals surface area contributed by atoms with Gasteiger partial charge in [-0.25, -0.2) is 0 Å². The van der Waals surface area contributed by atoms with Crippen molar-refractivity contribution in [3.05, 3.63) is 111 Å². The molecule has 2 aromatic heterocycles. The normalized spacial score (nSPS) is 11.7. The van der Waals surface area contributed by atoms with Crippen molar-refractivity contribution >= 4 is 17.3 Å². The maximum absolute atomic E-state index is 13.5. The molecular weight excluding hydrogens is 447 g/mol. The van der Waals surface area contributed by atoms with Gasteiger partial charge in [0.25, 0.3) is 11.5 Å². The number of aromatic nitrogens is 2. The topological polar surface area (TPSA) is 98.3 Å². The van der Waals surface area contributed by atoms with Gasteiger partial charge in [-0.2, -0.15) is 13.2 Å². The fraction of sp³-hybridized carbons (Fsp3) is 0.167. The van der Waals surface area contributed by atoms with Gasteiger partial charge in [0.15, 0.2) is 0 Å². The number of aryl methyl sites for hydroxylation is 1. The Kier molecular flexibility index (Phi) is 7.62. The van der Waals surface area contributed by atoms with Crippen LogP contribution in [0.25, 0.3) is 5.41 Å². The van der Waals surface area contributed by atoms with Gasteiger partial charge in [-0.15, -0.1) is 5.71 Å². The predicted octanol–water partition coefficient (Wildman–Crippen LogP) is 4.11. The number of halogens is 3. The number of hydrogen-bond acceptors (Lipinski definition) is 4. The Morgan fingerprint density at radius 3 is 2.47 bits per heavy atom. The van der Waals surface area contributed by atoms with Crippen LogP contribution in [0.15, 0.2) is 83.7 Å². The smallest absolute Gasteiger partial charge is 0.431 e. The third-order valence-corrected chi connectivity index (χ3v) is 4.82. The first-order valence-electron chi connectivity index (χ1n) is 10.3. The Hall–Kier alpha value is -4.21. The zero-order valence-electron chi connectivity index (χ0n) is 18.1. The zero-order chi connectivity index (χ0) is 24.7. The molecule has 0 atom stereocenters. The van der Waals surface area contributed by atoms with Crippen molar-refractivity contribution in [2.24, 2.45) is 0 Å². The van der Waals surface area contributed by atoms with Gasteiger partial charge >= 0.3 is 6.18 Å². The molecule has 10 heteroatoms. The summed E-state index contributed by atoms with van der Waals surface area (Å²) in [7, 11) is 0. The highest BCUT2D eigenvalue weighted by molar-refractivity contribution is 6.11. The van der Waals surface area contributed by atoms with Crippen molar-refractivity contribution in [3.8, 4) is 0 Å². The summed E-state index contributed by atoms with van der Waals surface area (Å²) in [5, 5.41) is 15.0. The number of benzene rings is 1. The van der Waals surface area contributed by atoms with E-state index in [1.807, 2.05) is 0 Å². The van der Waals surface area contributed by atoms with Crippen molar-refractivity contribution in [3.63, 3.8) is 0 Å². The van der Waals surface area contributed by atoms with Crippen LogP contribution in [0, 0.1) is 0 Å². The Morgan fingerprint density at radius 2 is 1.85 bits per heavy atom. The summed E-state index contributed by atoms with van der Waals surface area (Å²) in [6.45, 7) is 2.36. The number of hydrogen-bond donors (Lipinski definition) is 2. The molecule has 0 spiro atoms. The zero-order valence-corrected chi connectivity index (χ0v) is 18.1. The Labute approximate surface area is 193 Å². The van der Waals surface area contributed by atoms with E-state index in [4.69, 9.17) is 0 Å². The second-order valence-corrected chi connectivity index (χ2v) is 7.23. The molecule has 0 aliphatic heterocycles. The van der Waals surface area contributed by atoms with Gasteiger partial charge < -0.3 is 20.6 Å². The molecule has 0 radical (unpaired) electrons. The van der Waals surface area contributed by atoms with Crippen LogP contribution < -0.4 is 16.2 Å². The molecule has 2 heterocycles. The van der Waals surface area contributed by atoms with Crippen LogP contribution in [0.1, 0.15) is 28.4 Å². The molecule has 3 rings (SSSR count). The lowest BCUT2D eigenvalue weighted by Gasteiger charge is -2.17. The minimum absolute atomic E-state index is 0.141. The molecule has 0 saturated heterocycles. The highest BCUT2D eigenvalue weighted by Crippen LogP contribution is 2.27. The molecule has 1 amide bonds. The average molecular weight is 468 g/mol. The molecule has 0 unspecified atom stereocenters. The number of carbonyl (C=O) groups excluding carboxylic acids is 1. The SMILES string of the molecule is CCn1cc(C(=O)NCc2ccc(N/C(=C\C(=[N-])c3cccnc3)C(F)(F)F)cc2)ccc1=O. The van der Waals surface area contributed by atoms with Crippen molar-refractivity contribution in [2.45, 2.75) is 26.2 Å². The molecule has 0 aliphatic carbocycles. The number of nitrogens with one attached hydrogen (secondary N) is 2. The van der Waals surface area contributed by atoms with Crippen LogP contribution in [-0.4, -0.2) is 27.3 Å². The monoisotopic (exact) mass is 468 g/mol. The highest BCUT2D eigenvalue weighted by atomic mass is 19.4. The lowest BCUT2D eigenvalue weighted by molar-refractivity contribution is -0.0901. The van der Waals surface area contributed by atoms with E-state index in [0.717, 1.165) is 0 Å². The van der Waals surface area contributed by atoms with Gasteiger partial charge in [-0.3, -0.25) is 14.6 Å². The number of allylic oxidation sites excluding steroid dienone is 2. The molecule has 0 saturated carbocycles. The molecule has 0 fully saturated rings. The highest BCUT2D eigenvalue weighted by Gasteiger charge is 2.33. The number of nitrogens with zero attached hydrogens (tertiary/aromatic N) is 3. The summed E-state index contributed by atoms with van der Waals surface area (Å²) in [6, 6.07) is 11.7. The second-order valence-electron chi connectivity index (χ2n) is 7.23. The van der Waals surface area contributed by atoms with Crippen molar-refractivity contribution in [1.29, 1.82) is 0 Å². The van der Waals surface area contributed by atoms with Gasteiger partial charge in [0.05, 0.1) is 5.56 Å². The molecule has 0 bridgehead atoms. The number of pyridine rings is 2. The molecule has 7 nitrogen and oxygen atoms in total. The van der Waals surface area contributed by atoms with E-state index < -0.39 is 17.6 Å². The van der Waals surface area contributed by atoms with E-state index in [0.29, 0.717) is 23.7 Å².